The number of fused-ring (bicyclic) bond motifs is 1. The predicted molar refractivity (Wildman–Crippen MR) is 89.2 cm³/mol. The van der Waals surface area contributed by atoms with Gasteiger partial charge >= 0.3 is 6.61 Å². The highest BCUT2D eigenvalue weighted by Crippen LogP contribution is 2.29. The number of carbonyl (C=O) groups excluding carboxylic acids is 1. The number of benzene rings is 2. The number of hydrogen-bond acceptors (Lipinski definition) is 5. The van der Waals surface area contributed by atoms with Crippen molar-refractivity contribution in [3.63, 3.8) is 0 Å². The van der Waals surface area contributed by atoms with Gasteiger partial charge in [-0.3, -0.25) is 4.79 Å². The maximum absolute atomic E-state index is 12.3. The van der Waals surface area contributed by atoms with Crippen molar-refractivity contribution in [3.05, 3.63) is 53.7 Å². The van der Waals surface area contributed by atoms with Crippen molar-refractivity contribution in [1.82, 2.24) is 10.5 Å². The van der Waals surface area contributed by atoms with Crippen LogP contribution in [0.25, 0.3) is 11.0 Å². The Morgan fingerprint density at radius 2 is 2.04 bits per heavy atom. The van der Waals surface area contributed by atoms with E-state index >= 15 is 0 Å². The summed E-state index contributed by atoms with van der Waals surface area (Å²) < 4.78 is 39.2. The average Bonchev–Trinajstić information content (AvgIpc) is 3.03. The number of halogens is 2. The van der Waals surface area contributed by atoms with Crippen molar-refractivity contribution in [2.24, 2.45) is 0 Å². The van der Waals surface area contributed by atoms with E-state index in [-0.39, 0.29) is 30.4 Å². The predicted octanol–water partition coefficient (Wildman–Crippen LogP) is 3.30. The minimum absolute atomic E-state index is 0.0633. The van der Waals surface area contributed by atoms with Gasteiger partial charge in [-0.25, -0.2) is 0 Å². The molecule has 0 saturated heterocycles. The summed E-state index contributed by atoms with van der Waals surface area (Å²) in [5.74, 6) is -0.137. The number of methoxy groups -OCH3 is 1. The number of aromatic nitrogens is 1. The maximum atomic E-state index is 12.3. The molecular formula is C18H16F2N2O4. The van der Waals surface area contributed by atoms with Crippen molar-refractivity contribution < 1.29 is 27.6 Å². The van der Waals surface area contributed by atoms with Crippen molar-refractivity contribution in [1.29, 1.82) is 0 Å². The monoisotopic (exact) mass is 362 g/mol. The third-order valence-electron chi connectivity index (χ3n) is 3.71. The van der Waals surface area contributed by atoms with Crippen LogP contribution in [0, 0.1) is 0 Å². The van der Waals surface area contributed by atoms with Gasteiger partial charge in [0.05, 0.1) is 13.5 Å². The summed E-state index contributed by atoms with van der Waals surface area (Å²) in [6.45, 7) is -2.73. The van der Waals surface area contributed by atoms with Crippen LogP contribution in [0.2, 0.25) is 0 Å². The van der Waals surface area contributed by atoms with E-state index in [1.165, 1.54) is 19.2 Å². The second-order valence-corrected chi connectivity index (χ2v) is 5.44. The Morgan fingerprint density at radius 1 is 1.23 bits per heavy atom. The molecule has 2 aromatic carbocycles. The third-order valence-corrected chi connectivity index (χ3v) is 3.71. The van der Waals surface area contributed by atoms with Crippen molar-refractivity contribution in [2.45, 2.75) is 19.6 Å². The summed E-state index contributed by atoms with van der Waals surface area (Å²) in [4.78, 5) is 12.1. The summed E-state index contributed by atoms with van der Waals surface area (Å²) >= 11 is 0. The molecule has 0 atom stereocenters. The van der Waals surface area contributed by atoms with Gasteiger partial charge in [-0.2, -0.15) is 8.78 Å². The summed E-state index contributed by atoms with van der Waals surface area (Å²) in [7, 11) is 1.35. The molecule has 1 amide bonds. The van der Waals surface area contributed by atoms with E-state index in [0.717, 1.165) is 5.39 Å². The minimum Gasteiger partial charge on any atom is -0.493 e. The van der Waals surface area contributed by atoms with Crippen LogP contribution in [0.15, 0.2) is 47.0 Å². The highest BCUT2D eigenvalue weighted by molar-refractivity contribution is 5.86. The Morgan fingerprint density at radius 3 is 2.81 bits per heavy atom. The van der Waals surface area contributed by atoms with Crippen LogP contribution in [0.5, 0.6) is 11.5 Å². The standard InChI is InChI=1S/C18H16F2N2O4/c1-24-16-8-11(6-7-15(16)25-18(19)20)10-21-17(23)9-13-12-4-2-3-5-14(12)26-22-13/h2-8,18H,9-10H2,1H3,(H,21,23). The lowest BCUT2D eigenvalue weighted by Gasteiger charge is -2.11. The molecule has 1 aromatic heterocycles. The molecule has 1 heterocycles. The Hall–Kier alpha value is -3.16. The number of hydrogen-bond donors (Lipinski definition) is 1. The first-order chi connectivity index (χ1) is 12.6. The fourth-order valence-corrected chi connectivity index (χ4v) is 2.50. The zero-order valence-corrected chi connectivity index (χ0v) is 13.9. The lowest BCUT2D eigenvalue weighted by atomic mass is 10.1. The minimum atomic E-state index is -2.94. The number of carbonyl (C=O) groups is 1. The largest absolute Gasteiger partial charge is 0.493 e. The molecule has 0 radical (unpaired) electrons. The SMILES string of the molecule is COc1cc(CNC(=O)Cc2noc3ccccc23)ccc1OC(F)F. The molecule has 0 aliphatic heterocycles. The molecule has 8 heteroatoms. The van der Waals surface area contributed by atoms with Crippen LogP contribution in [-0.4, -0.2) is 24.8 Å². The fourth-order valence-electron chi connectivity index (χ4n) is 2.50. The van der Waals surface area contributed by atoms with E-state index in [1.807, 2.05) is 18.2 Å². The first-order valence-corrected chi connectivity index (χ1v) is 7.78. The molecule has 0 bridgehead atoms. The van der Waals surface area contributed by atoms with Crippen LogP contribution in [0.1, 0.15) is 11.3 Å². The molecule has 0 fully saturated rings. The smallest absolute Gasteiger partial charge is 0.387 e. The zero-order chi connectivity index (χ0) is 18.5. The summed E-state index contributed by atoms with van der Waals surface area (Å²) in [6, 6.07) is 11.8. The number of nitrogens with one attached hydrogen (secondary N) is 1. The maximum Gasteiger partial charge on any atom is 0.387 e. The normalized spacial score (nSPS) is 10.9. The van der Waals surface area contributed by atoms with Gasteiger partial charge < -0.3 is 19.3 Å². The van der Waals surface area contributed by atoms with Crippen molar-refractivity contribution >= 4 is 16.9 Å². The lowest BCUT2D eigenvalue weighted by Crippen LogP contribution is -2.24. The molecule has 0 saturated carbocycles. The number of para-hydroxylation sites is 1. The molecular weight excluding hydrogens is 346 g/mol. The molecule has 3 aromatic rings. The molecule has 6 nitrogen and oxygen atoms in total. The highest BCUT2D eigenvalue weighted by Gasteiger charge is 2.13. The van der Waals surface area contributed by atoms with Crippen LogP contribution in [-0.2, 0) is 17.8 Å². The molecule has 136 valence electrons. The van der Waals surface area contributed by atoms with Crippen LogP contribution >= 0.6 is 0 Å². The van der Waals surface area contributed by atoms with E-state index in [0.29, 0.717) is 16.8 Å². The van der Waals surface area contributed by atoms with E-state index in [1.54, 1.807) is 12.1 Å². The second kappa shape index (κ2) is 7.81. The van der Waals surface area contributed by atoms with Gasteiger partial charge in [0.15, 0.2) is 17.1 Å². The Bertz CT molecular complexity index is 911. The first kappa shape index (κ1) is 17.7. The van der Waals surface area contributed by atoms with E-state index < -0.39 is 6.61 Å². The third kappa shape index (κ3) is 4.08. The average molecular weight is 362 g/mol. The summed E-state index contributed by atoms with van der Waals surface area (Å²) in [6.07, 6.45) is 0.0702. The molecule has 1 N–H and O–H groups in total. The van der Waals surface area contributed by atoms with Gasteiger partial charge in [0.25, 0.3) is 0 Å². The van der Waals surface area contributed by atoms with Gasteiger partial charge in [0, 0.05) is 11.9 Å². The van der Waals surface area contributed by atoms with E-state index in [9.17, 15) is 13.6 Å². The molecule has 0 spiro atoms. The van der Waals surface area contributed by atoms with Gasteiger partial charge in [0.2, 0.25) is 5.91 Å². The van der Waals surface area contributed by atoms with Gasteiger partial charge in [-0.15, -0.1) is 0 Å². The van der Waals surface area contributed by atoms with Gasteiger partial charge in [0.1, 0.15) is 5.69 Å². The van der Waals surface area contributed by atoms with Crippen molar-refractivity contribution in [3.8, 4) is 11.5 Å². The number of amides is 1. The Balaban J connectivity index is 1.62. The molecule has 0 unspecified atom stereocenters. The lowest BCUT2D eigenvalue weighted by molar-refractivity contribution is -0.120. The van der Waals surface area contributed by atoms with Crippen molar-refractivity contribution in [2.75, 3.05) is 7.11 Å². The molecule has 3 rings (SSSR count). The number of alkyl halides is 2. The highest BCUT2D eigenvalue weighted by atomic mass is 19.3. The molecule has 26 heavy (non-hydrogen) atoms. The fraction of sp³-hybridized carbons (Fsp3) is 0.222. The number of nitrogens with zero attached hydrogens (tertiary/aromatic N) is 1. The second-order valence-electron chi connectivity index (χ2n) is 5.44. The number of rotatable bonds is 7. The quantitative estimate of drug-likeness (QED) is 0.698. The van der Waals surface area contributed by atoms with Gasteiger partial charge in [-0.1, -0.05) is 23.4 Å². The topological polar surface area (TPSA) is 73.6 Å². The Kier molecular flexibility index (Phi) is 5.31. The number of ether oxygens (including phenoxy) is 2. The molecule has 0 aliphatic carbocycles. The van der Waals surface area contributed by atoms with Crippen LogP contribution in [0.3, 0.4) is 0 Å². The van der Waals surface area contributed by atoms with E-state index in [4.69, 9.17) is 9.26 Å². The Labute approximate surface area is 147 Å². The van der Waals surface area contributed by atoms with E-state index in [2.05, 4.69) is 15.2 Å². The first-order valence-electron chi connectivity index (χ1n) is 7.78. The summed E-state index contributed by atoms with van der Waals surface area (Å²) in [5.41, 5.74) is 1.85. The summed E-state index contributed by atoms with van der Waals surface area (Å²) in [5, 5.41) is 7.45. The van der Waals surface area contributed by atoms with Crippen LogP contribution < -0.4 is 14.8 Å². The zero-order valence-electron chi connectivity index (χ0n) is 13.9. The molecule has 0 aliphatic rings. The van der Waals surface area contributed by atoms with Gasteiger partial charge in [-0.05, 0) is 29.8 Å². The van der Waals surface area contributed by atoms with Crippen LogP contribution in [0.4, 0.5) is 8.78 Å².